The molecule has 0 atom stereocenters. The second-order valence-electron chi connectivity index (χ2n) is 6.53. The highest BCUT2D eigenvalue weighted by molar-refractivity contribution is 5.78. The van der Waals surface area contributed by atoms with Crippen molar-refractivity contribution in [1.82, 2.24) is 10.2 Å². The number of rotatable bonds is 7. The van der Waals surface area contributed by atoms with Crippen molar-refractivity contribution in [1.29, 1.82) is 0 Å². The maximum absolute atomic E-state index is 5.97. The van der Waals surface area contributed by atoms with Crippen LogP contribution in [-0.2, 0) is 0 Å². The summed E-state index contributed by atoms with van der Waals surface area (Å²) < 4.78 is 0. The Morgan fingerprint density at radius 3 is 2.30 bits per heavy atom. The number of aliphatic imine (C=N–C) groups is 1. The van der Waals surface area contributed by atoms with Crippen LogP contribution in [0.3, 0.4) is 0 Å². The van der Waals surface area contributed by atoms with E-state index in [0.717, 1.165) is 19.5 Å². The van der Waals surface area contributed by atoms with E-state index in [-0.39, 0.29) is 0 Å². The van der Waals surface area contributed by atoms with Gasteiger partial charge in [-0.05, 0) is 47.0 Å². The molecule has 1 saturated carbocycles. The highest BCUT2D eigenvalue weighted by Crippen LogP contribution is 2.17. The normalized spacial score (nSPS) is 18.2. The van der Waals surface area contributed by atoms with Crippen LogP contribution < -0.4 is 11.1 Å². The Kier molecular flexibility index (Phi) is 7.97. The van der Waals surface area contributed by atoms with Crippen molar-refractivity contribution in [2.45, 2.75) is 84.3 Å². The molecule has 1 aliphatic rings. The highest BCUT2D eigenvalue weighted by Gasteiger charge is 2.14. The van der Waals surface area contributed by atoms with Crippen LogP contribution in [0.1, 0.15) is 66.2 Å². The van der Waals surface area contributed by atoms with Crippen LogP contribution in [-0.4, -0.2) is 42.1 Å². The Bertz CT molecular complexity index is 272. The van der Waals surface area contributed by atoms with Gasteiger partial charge in [0.05, 0.1) is 0 Å². The minimum Gasteiger partial charge on any atom is -0.370 e. The molecule has 20 heavy (non-hydrogen) atoms. The zero-order valence-corrected chi connectivity index (χ0v) is 13.9. The molecule has 118 valence electrons. The van der Waals surface area contributed by atoms with E-state index in [1.165, 1.54) is 32.1 Å². The number of hydrogen-bond donors (Lipinski definition) is 2. The van der Waals surface area contributed by atoms with Crippen LogP contribution in [0.2, 0.25) is 0 Å². The molecule has 0 amide bonds. The van der Waals surface area contributed by atoms with Crippen LogP contribution in [0.4, 0.5) is 0 Å². The van der Waals surface area contributed by atoms with Crippen LogP contribution in [0.15, 0.2) is 4.99 Å². The van der Waals surface area contributed by atoms with Gasteiger partial charge >= 0.3 is 0 Å². The average molecular weight is 282 g/mol. The zero-order chi connectivity index (χ0) is 15.0. The zero-order valence-electron chi connectivity index (χ0n) is 13.9. The smallest absolute Gasteiger partial charge is 0.188 e. The Labute approximate surface area is 125 Å². The second-order valence-corrected chi connectivity index (χ2v) is 6.53. The van der Waals surface area contributed by atoms with Crippen LogP contribution >= 0.6 is 0 Å². The van der Waals surface area contributed by atoms with Crippen molar-refractivity contribution >= 4 is 5.96 Å². The summed E-state index contributed by atoms with van der Waals surface area (Å²) in [5, 5.41) is 3.37. The molecule has 1 aliphatic carbocycles. The van der Waals surface area contributed by atoms with E-state index in [1.54, 1.807) is 0 Å². The molecular formula is C16H34N4. The third-order valence-electron chi connectivity index (χ3n) is 4.14. The topological polar surface area (TPSA) is 53.6 Å². The average Bonchev–Trinajstić information content (AvgIpc) is 2.38. The predicted octanol–water partition coefficient (Wildman–Crippen LogP) is 2.73. The van der Waals surface area contributed by atoms with Crippen LogP contribution in [0.25, 0.3) is 0 Å². The van der Waals surface area contributed by atoms with Crippen molar-refractivity contribution in [3.63, 3.8) is 0 Å². The Morgan fingerprint density at radius 1 is 1.15 bits per heavy atom. The van der Waals surface area contributed by atoms with Gasteiger partial charge in [0, 0.05) is 31.2 Å². The summed E-state index contributed by atoms with van der Waals surface area (Å²) in [6.07, 6.45) is 7.57. The highest BCUT2D eigenvalue weighted by atomic mass is 15.2. The first kappa shape index (κ1) is 17.3. The van der Waals surface area contributed by atoms with E-state index >= 15 is 0 Å². The fourth-order valence-corrected chi connectivity index (χ4v) is 3.07. The van der Waals surface area contributed by atoms with Gasteiger partial charge < -0.3 is 11.1 Å². The predicted molar refractivity (Wildman–Crippen MR) is 88.1 cm³/mol. The molecule has 0 saturated heterocycles. The SMILES string of the molecule is CC(C)N(CCCN=C(N)NC1CCCCC1)C(C)C. The van der Waals surface area contributed by atoms with Gasteiger partial charge in [-0.2, -0.15) is 0 Å². The molecule has 0 aromatic carbocycles. The van der Waals surface area contributed by atoms with Gasteiger partial charge in [-0.25, -0.2) is 0 Å². The molecule has 0 bridgehead atoms. The molecule has 1 rings (SSSR count). The fourth-order valence-electron chi connectivity index (χ4n) is 3.07. The molecule has 0 unspecified atom stereocenters. The second kappa shape index (κ2) is 9.22. The van der Waals surface area contributed by atoms with E-state index in [2.05, 4.69) is 42.9 Å². The summed E-state index contributed by atoms with van der Waals surface area (Å²) in [7, 11) is 0. The maximum atomic E-state index is 5.97. The van der Waals surface area contributed by atoms with Gasteiger partial charge in [0.2, 0.25) is 0 Å². The summed E-state index contributed by atoms with van der Waals surface area (Å²) in [6, 6.07) is 1.74. The summed E-state index contributed by atoms with van der Waals surface area (Å²) in [6.45, 7) is 10.9. The van der Waals surface area contributed by atoms with Crippen LogP contribution in [0.5, 0.6) is 0 Å². The molecule has 0 aliphatic heterocycles. The van der Waals surface area contributed by atoms with Gasteiger partial charge in [-0.15, -0.1) is 0 Å². The van der Waals surface area contributed by atoms with Crippen molar-refractivity contribution in [2.24, 2.45) is 10.7 Å². The van der Waals surface area contributed by atoms with E-state index in [1.807, 2.05) is 0 Å². The lowest BCUT2D eigenvalue weighted by Crippen LogP contribution is -2.41. The van der Waals surface area contributed by atoms with Gasteiger partial charge in [0.25, 0.3) is 0 Å². The summed E-state index contributed by atoms with van der Waals surface area (Å²) in [5.74, 6) is 0.637. The number of nitrogens with zero attached hydrogens (tertiary/aromatic N) is 2. The van der Waals surface area contributed by atoms with Crippen molar-refractivity contribution in [2.75, 3.05) is 13.1 Å². The molecule has 0 aromatic heterocycles. The van der Waals surface area contributed by atoms with Gasteiger partial charge in [0.15, 0.2) is 5.96 Å². The molecule has 3 N–H and O–H groups in total. The molecule has 4 heteroatoms. The molecule has 1 fully saturated rings. The molecule has 0 aromatic rings. The molecular weight excluding hydrogens is 248 g/mol. The van der Waals surface area contributed by atoms with Crippen molar-refractivity contribution in [3.8, 4) is 0 Å². The lowest BCUT2D eigenvalue weighted by molar-refractivity contribution is 0.174. The molecule has 4 nitrogen and oxygen atoms in total. The maximum Gasteiger partial charge on any atom is 0.188 e. The minimum atomic E-state index is 0.551. The van der Waals surface area contributed by atoms with E-state index in [4.69, 9.17) is 5.73 Å². The first-order chi connectivity index (χ1) is 9.50. The Hall–Kier alpha value is -0.770. The summed E-state index contributed by atoms with van der Waals surface area (Å²) in [5.41, 5.74) is 5.97. The lowest BCUT2D eigenvalue weighted by atomic mass is 9.96. The van der Waals surface area contributed by atoms with Gasteiger partial charge in [-0.1, -0.05) is 19.3 Å². The standard InChI is InChI=1S/C16H34N4/c1-13(2)20(14(3)4)12-8-11-18-16(17)19-15-9-6-5-7-10-15/h13-15H,5-12H2,1-4H3,(H3,17,18,19). The summed E-state index contributed by atoms with van der Waals surface area (Å²) in [4.78, 5) is 6.97. The Morgan fingerprint density at radius 2 is 1.75 bits per heavy atom. The number of guanidine groups is 1. The minimum absolute atomic E-state index is 0.551. The van der Waals surface area contributed by atoms with Gasteiger partial charge in [-0.3, -0.25) is 9.89 Å². The number of hydrogen-bond acceptors (Lipinski definition) is 2. The molecule has 0 radical (unpaired) electrons. The van der Waals surface area contributed by atoms with Crippen molar-refractivity contribution in [3.05, 3.63) is 0 Å². The number of nitrogens with one attached hydrogen (secondary N) is 1. The monoisotopic (exact) mass is 282 g/mol. The fraction of sp³-hybridized carbons (Fsp3) is 0.938. The Balaban J connectivity index is 2.22. The molecule has 0 heterocycles. The largest absolute Gasteiger partial charge is 0.370 e. The van der Waals surface area contributed by atoms with E-state index in [0.29, 0.717) is 24.1 Å². The lowest BCUT2D eigenvalue weighted by Gasteiger charge is -2.30. The third kappa shape index (κ3) is 6.60. The third-order valence-corrected chi connectivity index (χ3v) is 4.14. The van der Waals surface area contributed by atoms with E-state index < -0.39 is 0 Å². The van der Waals surface area contributed by atoms with E-state index in [9.17, 15) is 0 Å². The summed E-state index contributed by atoms with van der Waals surface area (Å²) >= 11 is 0. The first-order valence-electron chi connectivity index (χ1n) is 8.33. The van der Waals surface area contributed by atoms with Gasteiger partial charge in [0.1, 0.15) is 0 Å². The van der Waals surface area contributed by atoms with Crippen molar-refractivity contribution < 1.29 is 0 Å². The van der Waals surface area contributed by atoms with Crippen LogP contribution in [0, 0.1) is 0 Å². The first-order valence-corrected chi connectivity index (χ1v) is 8.33. The molecule has 0 spiro atoms. The number of nitrogens with two attached hydrogens (primary N) is 1. The quantitative estimate of drug-likeness (QED) is 0.429.